The van der Waals surface area contributed by atoms with Gasteiger partial charge in [0, 0.05) is 25.6 Å². The fourth-order valence-electron chi connectivity index (χ4n) is 4.63. The maximum Gasteiger partial charge on any atom is 0.317 e. The van der Waals surface area contributed by atoms with Crippen LogP contribution in [0.15, 0.2) is 24.3 Å². The van der Waals surface area contributed by atoms with E-state index in [4.69, 9.17) is 4.74 Å². The molecule has 4 rings (SSSR count). The standard InChI is InChI=1S/C22H30N4O4/c1-30-17-9-7-15(8-10-17)13-18-21(28)26-12-11-25(14-19(26)20(27)24-18)22(29)23-16-5-3-2-4-6-16/h7-10,16,18-19H,2-6,11-14H2,1H3,(H,23,29)(H,24,27). The maximum absolute atomic E-state index is 13.0. The molecule has 4 amide bonds. The molecule has 0 bridgehead atoms. The summed E-state index contributed by atoms with van der Waals surface area (Å²) >= 11 is 0. The number of benzene rings is 1. The van der Waals surface area contributed by atoms with Crippen molar-refractivity contribution in [2.75, 3.05) is 26.7 Å². The molecule has 2 saturated heterocycles. The lowest BCUT2D eigenvalue weighted by Gasteiger charge is -2.45. The van der Waals surface area contributed by atoms with E-state index in [1.807, 2.05) is 24.3 Å². The highest BCUT2D eigenvalue weighted by atomic mass is 16.5. The lowest BCUT2D eigenvalue weighted by atomic mass is 9.95. The minimum Gasteiger partial charge on any atom is -0.497 e. The van der Waals surface area contributed by atoms with Gasteiger partial charge in [0.1, 0.15) is 17.8 Å². The molecule has 0 aromatic heterocycles. The van der Waals surface area contributed by atoms with Crippen LogP contribution in [0.25, 0.3) is 0 Å². The SMILES string of the molecule is COc1ccc(CC2NC(=O)C3CN(C(=O)NC4CCCCC4)CCN3C2=O)cc1. The smallest absolute Gasteiger partial charge is 0.317 e. The molecule has 0 radical (unpaired) electrons. The highest BCUT2D eigenvalue weighted by Gasteiger charge is 2.44. The van der Waals surface area contributed by atoms with E-state index >= 15 is 0 Å². The monoisotopic (exact) mass is 414 g/mol. The molecule has 162 valence electrons. The second kappa shape index (κ2) is 8.93. The number of fused-ring (bicyclic) bond motifs is 1. The average Bonchev–Trinajstić information content (AvgIpc) is 2.78. The van der Waals surface area contributed by atoms with Gasteiger partial charge in [0.25, 0.3) is 0 Å². The van der Waals surface area contributed by atoms with E-state index in [2.05, 4.69) is 10.6 Å². The summed E-state index contributed by atoms with van der Waals surface area (Å²) in [4.78, 5) is 41.7. The summed E-state index contributed by atoms with van der Waals surface area (Å²) in [7, 11) is 1.61. The Balaban J connectivity index is 1.36. The number of ether oxygens (including phenoxy) is 1. The van der Waals surface area contributed by atoms with Crippen LogP contribution in [0.2, 0.25) is 0 Å². The van der Waals surface area contributed by atoms with Gasteiger partial charge < -0.3 is 25.2 Å². The molecule has 2 atom stereocenters. The number of piperazine rings is 2. The Bertz CT molecular complexity index is 791. The molecule has 3 aliphatic rings. The van der Waals surface area contributed by atoms with Crippen molar-refractivity contribution in [2.24, 2.45) is 0 Å². The van der Waals surface area contributed by atoms with E-state index in [1.54, 1.807) is 16.9 Å². The van der Waals surface area contributed by atoms with Gasteiger partial charge in [-0.2, -0.15) is 0 Å². The van der Waals surface area contributed by atoms with Crippen LogP contribution in [0.4, 0.5) is 4.79 Å². The Hall–Kier alpha value is -2.77. The molecule has 1 aromatic rings. The highest BCUT2D eigenvalue weighted by Crippen LogP contribution is 2.21. The van der Waals surface area contributed by atoms with Crippen molar-refractivity contribution < 1.29 is 19.1 Å². The first-order chi connectivity index (χ1) is 14.5. The van der Waals surface area contributed by atoms with Crippen molar-refractivity contribution in [1.82, 2.24) is 20.4 Å². The largest absolute Gasteiger partial charge is 0.497 e. The summed E-state index contributed by atoms with van der Waals surface area (Å²) in [6, 6.07) is 6.39. The number of amides is 4. The molecule has 2 aliphatic heterocycles. The van der Waals surface area contributed by atoms with Crippen molar-refractivity contribution >= 4 is 17.8 Å². The van der Waals surface area contributed by atoms with Gasteiger partial charge in [-0.1, -0.05) is 31.4 Å². The van der Waals surface area contributed by atoms with Gasteiger partial charge in [0.2, 0.25) is 11.8 Å². The van der Waals surface area contributed by atoms with Gasteiger partial charge in [-0.05, 0) is 30.5 Å². The van der Waals surface area contributed by atoms with Gasteiger partial charge in [-0.3, -0.25) is 9.59 Å². The number of methoxy groups -OCH3 is 1. The van der Waals surface area contributed by atoms with Crippen molar-refractivity contribution in [2.45, 2.75) is 56.7 Å². The second-order valence-electron chi connectivity index (χ2n) is 8.39. The Kier molecular flexibility index (Phi) is 6.11. The lowest BCUT2D eigenvalue weighted by molar-refractivity contribution is -0.152. The zero-order valence-corrected chi connectivity index (χ0v) is 17.4. The Morgan fingerprint density at radius 2 is 1.87 bits per heavy atom. The summed E-state index contributed by atoms with van der Waals surface area (Å²) in [5, 5.41) is 5.97. The number of carbonyl (C=O) groups excluding carboxylic acids is 3. The predicted molar refractivity (Wildman–Crippen MR) is 111 cm³/mol. The average molecular weight is 415 g/mol. The molecule has 2 unspecified atom stereocenters. The molecular formula is C22H30N4O4. The molecule has 30 heavy (non-hydrogen) atoms. The number of rotatable bonds is 4. The lowest BCUT2D eigenvalue weighted by Crippen LogP contribution is -2.70. The fourth-order valence-corrected chi connectivity index (χ4v) is 4.63. The predicted octanol–water partition coefficient (Wildman–Crippen LogP) is 1.29. The van der Waals surface area contributed by atoms with Gasteiger partial charge in [0.15, 0.2) is 0 Å². The summed E-state index contributed by atoms with van der Waals surface area (Å²) in [5.74, 6) is 0.478. The molecule has 1 saturated carbocycles. The van der Waals surface area contributed by atoms with E-state index in [0.717, 1.165) is 37.0 Å². The molecular weight excluding hydrogens is 384 g/mol. The van der Waals surface area contributed by atoms with Crippen molar-refractivity contribution in [1.29, 1.82) is 0 Å². The number of carbonyl (C=O) groups is 3. The van der Waals surface area contributed by atoms with Crippen molar-refractivity contribution in [3.8, 4) is 5.75 Å². The second-order valence-corrected chi connectivity index (χ2v) is 8.39. The van der Waals surface area contributed by atoms with Gasteiger partial charge in [-0.25, -0.2) is 4.79 Å². The van der Waals surface area contributed by atoms with Crippen LogP contribution in [-0.2, 0) is 16.0 Å². The number of urea groups is 1. The van der Waals surface area contributed by atoms with E-state index in [9.17, 15) is 14.4 Å². The first-order valence-electron chi connectivity index (χ1n) is 10.8. The van der Waals surface area contributed by atoms with Crippen LogP contribution < -0.4 is 15.4 Å². The molecule has 1 aromatic carbocycles. The Morgan fingerprint density at radius 3 is 2.57 bits per heavy atom. The van der Waals surface area contributed by atoms with Crippen molar-refractivity contribution in [3.05, 3.63) is 29.8 Å². The van der Waals surface area contributed by atoms with E-state index in [-0.39, 0.29) is 30.4 Å². The quantitative estimate of drug-likeness (QED) is 0.777. The maximum atomic E-state index is 13.0. The van der Waals surface area contributed by atoms with E-state index in [1.165, 1.54) is 6.42 Å². The molecule has 3 fully saturated rings. The normalized spacial score (nSPS) is 24.8. The summed E-state index contributed by atoms with van der Waals surface area (Å²) < 4.78 is 5.16. The van der Waals surface area contributed by atoms with Gasteiger partial charge >= 0.3 is 6.03 Å². The number of hydrogen-bond acceptors (Lipinski definition) is 4. The third-order valence-electron chi connectivity index (χ3n) is 6.40. The third kappa shape index (κ3) is 4.37. The van der Waals surface area contributed by atoms with Crippen LogP contribution in [0.3, 0.4) is 0 Å². The van der Waals surface area contributed by atoms with Gasteiger partial charge in [0.05, 0.1) is 13.7 Å². The first-order valence-corrected chi connectivity index (χ1v) is 10.8. The first kappa shape index (κ1) is 20.5. The minimum atomic E-state index is -0.615. The van der Waals surface area contributed by atoms with E-state index in [0.29, 0.717) is 19.5 Å². The topological polar surface area (TPSA) is 91.0 Å². The van der Waals surface area contributed by atoms with Crippen LogP contribution in [0.1, 0.15) is 37.7 Å². The molecule has 8 heteroatoms. The summed E-state index contributed by atoms with van der Waals surface area (Å²) in [6.45, 7) is 1.07. The Morgan fingerprint density at radius 1 is 1.13 bits per heavy atom. The number of nitrogens with zero attached hydrogens (tertiary/aromatic N) is 2. The third-order valence-corrected chi connectivity index (χ3v) is 6.40. The number of nitrogens with one attached hydrogen (secondary N) is 2. The van der Waals surface area contributed by atoms with Crippen LogP contribution in [0.5, 0.6) is 5.75 Å². The molecule has 2 heterocycles. The fraction of sp³-hybridized carbons (Fsp3) is 0.591. The highest BCUT2D eigenvalue weighted by molar-refractivity contribution is 5.97. The van der Waals surface area contributed by atoms with E-state index < -0.39 is 12.1 Å². The van der Waals surface area contributed by atoms with Crippen molar-refractivity contribution in [3.63, 3.8) is 0 Å². The molecule has 1 aliphatic carbocycles. The summed E-state index contributed by atoms with van der Waals surface area (Å²) in [6.07, 6.45) is 5.99. The minimum absolute atomic E-state index is 0.0808. The van der Waals surface area contributed by atoms with Crippen LogP contribution in [-0.4, -0.2) is 72.5 Å². The zero-order valence-electron chi connectivity index (χ0n) is 17.4. The van der Waals surface area contributed by atoms with Gasteiger partial charge in [-0.15, -0.1) is 0 Å². The van der Waals surface area contributed by atoms with Crippen LogP contribution >= 0.6 is 0 Å². The molecule has 2 N–H and O–H groups in total. The zero-order chi connectivity index (χ0) is 21.1. The molecule has 8 nitrogen and oxygen atoms in total. The molecule has 0 spiro atoms. The number of hydrogen-bond donors (Lipinski definition) is 2. The Labute approximate surface area is 176 Å². The van der Waals surface area contributed by atoms with Crippen LogP contribution in [0, 0.1) is 0 Å². The summed E-state index contributed by atoms with van der Waals surface area (Å²) in [5.41, 5.74) is 0.957.